The smallest absolute Gasteiger partial charge is 0.340 e. The first-order chi connectivity index (χ1) is 18.6. The number of aryl methyl sites for hydroxylation is 1. The fourth-order valence-electron chi connectivity index (χ4n) is 4.55. The molecule has 8 heteroatoms. The lowest BCUT2D eigenvalue weighted by molar-refractivity contribution is 0.0524. The maximum Gasteiger partial charge on any atom is 0.340 e. The normalized spacial score (nSPS) is 15.3. The van der Waals surface area contributed by atoms with Gasteiger partial charge in [-0.3, -0.25) is 9.80 Å². The predicted octanol–water partition coefficient (Wildman–Crippen LogP) is 6.93. The van der Waals surface area contributed by atoms with Gasteiger partial charge < -0.3 is 18.9 Å². The van der Waals surface area contributed by atoms with Crippen LogP contribution in [0.1, 0.15) is 70.1 Å². The van der Waals surface area contributed by atoms with Crippen LogP contribution in [0.2, 0.25) is 0 Å². The Morgan fingerprint density at radius 2 is 1.69 bits per heavy atom. The number of ether oxygens (including phenoxy) is 2. The van der Waals surface area contributed by atoms with Crippen molar-refractivity contribution in [1.82, 2.24) is 19.3 Å². The van der Waals surface area contributed by atoms with E-state index in [0.29, 0.717) is 18.9 Å². The molecule has 0 atom stereocenters. The third-order valence-electron chi connectivity index (χ3n) is 6.09. The number of carbonyl (C=O) groups excluding carboxylic acids is 1. The predicted molar refractivity (Wildman–Crippen MR) is 169 cm³/mol. The van der Waals surface area contributed by atoms with Crippen molar-refractivity contribution < 1.29 is 14.3 Å². The van der Waals surface area contributed by atoms with E-state index in [4.69, 9.17) is 9.47 Å². The van der Waals surface area contributed by atoms with Gasteiger partial charge in [-0.2, -0.15) is 0 Å². The summed E-state index contributed by atoms with van der Waals surface area (Å²) in [6, 6.07) is 2.10. The highest BCUT2D eigenvalue weighted by Gasteiger charge is 2.31. The highest BCUT2D eigenvalue weighted by Crippen LogP contribution is 2.42. The van der Waals surface area contributed by atoms with Gasteiger partial charge in [-0.25, -0.2) is 4.79 Å². The number of allylic oxidation sites excluding steroid dienone is 2. The van der Waals surface area contributed by atoms with E-state index < -0.39 is 0 Å². The number of fused-ring (bicyclic) bond motifs is 3. The Labute approximate surface area is 245 Å². The Morgan fingerprint density at radius 1 is 1.13 bits per heavy atom. The minimum atomic E-state index is -0.239. The van der Waals surface area contributed by atoms with Crippen molar-refractivity contribution in [3.63, 3.8) is 0 Å². The van der Waals surface area contributed by atoms with Gasteiger partial charge in [0, 0.05) is 62.5 Å². The topological polar surface area (TPSA) is 50.2 Å². The number of aromatic nitrogens is 1. The van der Waals surface area contributed by atoms with Gasteiger partial charge in [-0.05, 0) is 70.7 Å². The molecule has 1 aromatic heterocycles. The van der Waals surface area contributed by atoms with Gasteiger partial charge in [0.25, 0.3) is 0 Å². The van der Waals surface area contributed by atoms with Gasteiger partial charge in [0.05, 0.1) is 22.2 Å². The summed E-state index contributed by atoms with van der Waals surface area (Å²) >= 11 is 3.70. The Morgan fingerprint density at radius 3 is 2.21 bits per heavy atom. The molecule has 0 bridgehead atoms. The first kappa shape index (κ1) is 34.9. The Kier molecular flexibility index (Phi) is 15.7. The standard InChI is InChI=1S/C22H31BrN4O3.C4H8.C3H6.C2H6/c1-5-27-17-11-16(23)21-15(12-25(4)14-30-21)19(17)20(22(28)29-6-2)18(27)13-26-9-7-24(3)8-10-26;1-4(2)3;1-3-2;1-2/h11H,5-10,12-14H2,1-4H3;1H2,2-3H3;3H,1H2,2H3;1-2H3. The summed E-state index contributed by atoms with van der Waals surface area (Å²) in [5.74, 6) is 0.599. The average Bonchev–Trinajstić information content (AvgIpc) is 3.19. The van der Waals surface area contributed by atoms with Crippen LogP contribution in [0.15, 0.2) is 35.3 Å². The fourth-order valence-corrected chi connectivity index (χ4v) is 5.12. The second-order valence-electron chi connectivity index (χ2n) is 9.83. The minimum Gasteiger partial charge on any atom is -0.477 e. The van der Waals surface area contributed by atoms with E-state index in [-0.39, 0.29) is 5.97 Å². The number of rotatable bonds is 5. The zero-order chi connectivity index (χ0) is 29.7. The summed E-state index contributed by atoms with van der Waals surface area (Å²) in [6.45, 7) is 28.0. The van der Waals surface area contributed by atoms with Crippen LogP contribution in [0.25, 0.3) is 10.9 Å². The van der Waals surface area contributed by atoms with Crippen LogP contribution in [0.5, 0.6) is 5.75 Å². The van der Waals surface area contributed by atoms with Gasteiger partial charge in [0.15, 0.2) is 0 Å². The third-order valence-corrected chi connectivity index (χ3v) is 6.68. The molecule has 3 heterocycles. The first-order valence-corrected chi connectivity index (χ1v) is 14.8. The molecule has 0 saturated carbocycles. The second kappa shape index (κ2) is 17.5. The largest absolute Gasteiger partial charge is 0.477 e. The van der Waals surface area contributed by atoms with Gasteiger partial charge in [-0.1, -0.05) is 25.5 Å². The number of hydrogen-bond donors (Lipinski definition) is 0. The average molecular weight is 608 g/mol. The molecule has 7 nitrogen and oxygen atoms in total. The van der Waals surface area contributed by atoms with Gasteiger partial charge in [-0.15, -0.1) is 13.2 Å². The summed E-state index contributed by atoms with van der Waals surface area (Å²) in [7, 11) is 4.19. The lowest BCUT2D eigenvalue weighted by atomic mass is 10.0. The van der Waals surface area contributed by atoms with E-state index in [1.165, 1.54) is 5.57 Å². The minimum absolute atomic E-state index is 0.239. The van der Waals surface area contributed by atoms with Gasteiger partial charge in [0.2, 0.25) is 0 Å². The lowest BCUT2D eigenvalue weighted by Gasteiger charge is -2.32. The summed E-state index contributed by atoms with van der Waals surface area (Å²) in [5, 5.41) is 0.976. The van der Waals surface area contributed by atoms with Crippen LogP contribution >= 0.6 is 15.9 Å². The zero-order valence-corrected chi connectivity index (χ0v) is 27.4. The molecule has 0 unspecified atom stereocenters. The first-order valence-electron chi connectivity index (χ1n) is 14.0. The molecule has 0 radical (unpaired) electrons. The quantitative estimate of drug-likeness (QED) is 0.272. The van der Waals surface area contributed by atoms with Crippen molar-refractivity contribution in [3.05, 3.63) is 52.2 Å². The second-order valence-corrected chi connectivity index (χ2v) is 10.7. The molecule has 39 heavy (non-hydrogen) atoms. The molecule has 2 aliphatic rings. The van der Waals surface area contributed by atoms with E-state index in [2.05, 4.69) is 68.4 Å². The maximum atomic E-state index is 13.2. The number of nitrogens with zero attached hydrogens (tertiary/aromatic N) is 4. The molecule has 0 spiro atoms. The van der Waals surface area contributed by atoms with Crippen LogP contribution in [-0.2, 0) is 24.4 Å². The van der Waals surface area contributed by atoms with Crippen molar-refractivity contribution in [2.45, 2.75) is 68.1 Å². The summed E-state index contributed by atoms with van der Waals surface area (Å²) in [6.07, 6.45) is 1.75. The number of benzene rings is 1. The molecule has 4 rings (SSSR count). The number of carbonyl (C=O) groups is 1. The van der Waals surface area contributed by atoms with Crippen molar-refractivity contribution >= 4 is 32.8 Å². The molecule has 1 fully saturated rings. The fraction of sp³-hybridized carbons (Fsp3) is 0.581. The molecule has 220 valence electrons. The van der Waals surface area contributed by atoms with E-state index >= 15 is 0 Å². The molecule has 2 aromatic rings. The molecule has 2 aliphatic heterocycles. The molecular formula is C31H51BrN4O3. The van der Waals surface area contributed by atoms with Crippen LogP contribution in [0, 0.1) is 0 Å². The highest BCUT2D eigenvalue weighted by molar-refractivity contribution is 9.10. The Balaban J connectivity index is 0.000000748. The van der Waals surface area contributed by atoms with Crippen molar-refractivity contribution in [1.29, 1.82) is 0 Å². The van der Waals surface area contributed by atoms with Gasteiger partial charge in [0.1, 0.15) is 12.5 Å². The van der Waals surface area contributed by atoms with E-state index in [9.17, 15) is 4.79 Å². The van der Waals surface area contributed by atoms with Gasteiger partial charge >= 0.3 is 5.97 Å². The van der Waals surface area contributed by atoms with Crippen LogP contribution in [-0.4, -0.2) is 78.8 Å². The summed E-state index contributed by atoms with van der Waals surface area (Å²) in [5.41, 5.74) is 5.04. The molecule has 0 N–H and O–H groups in total. The third kappa shape index (κ3) is 9.48. The van der Waals surface area contributed by atoms with Crippen LogP contribution in [0.4, 0.5) is 0 Å². The van der Waals surface area contributed by atoms with Crippen LogP contribution in [0.3, 0.4) is 0 Å². The number of halogens is 1. The Bertz CT molecular complexity index is 1080. The highest BCUT2D eigenvalue weighted by atomic mass is 79.9. The van der Waals surface area contributed by atoms with Crippen molar-refractivity contribution in [3.8, 4) is 5.75 Å². The molecule has 1 saturated heterocycles. The number of esters is 1. The molecule has 1 aromatic carbocycles. The lowest BCUT2D eigenvalue weighted by Crippen LogP contribution is -2.44. The monoisotopic (exact) mass is 606 g/mol. The van der Waals surface area contributed by atoms with E-state index in [1.807, 2.05) is 48.6 Å². The number of likely N-dealkylation sites (N-methyl/N-ethyl adjacent to an activating group) is 1. The molecule has 0 aliphatic carbocycles. The SMILES string of the molecule is C=C(C)C.C=CC.CC.CCOC(=O)c1c(CN2CCN(C)CC2)n(CC)c2cc(Br)c3c(c12)CN(C)CO3. The molecular weight excluding hydrogens is 556 g/mol. The number of hydrogen-bond acceptors (Lipinski definition) is 6. The molecule has 0 amide bonds. The van der Waals surface area contributed by atoms with Crippen molar-refractivity contribution in [2.24, 2.45) is 0 Å². The summed E-state index contributed by atoms with van der Waals surface area (Å²) in [4.78, 5) is 20.1. The van der Waals surface area contributed by atoms with Crippen molar-refractivity contribution in [2.75, 3.05) is 53.6 Å². The zero-order valence-electron chi connectivity index (χ0n) is 25.8. The number of piperazine rings is 1. The Hall–Kier alpha value is -2.13. The van der Waals surface area contributed by atoms with Crippen LogP contribution < -0.4 is 4.74 Å². The maximum absolute atomic E-state index is 13.2. The van der Waals surface area contributed by atoms with E-state index in [0.717, 1.165) is 78.2 Å². The van der Waals surface area contributed by atoms with E-state index in [1.54, 1.807) is 6.08 Å². The summed E-state index contributed by atoms with van der Waals surface area (Å²) < 4.78 is 14.8.